The second-order valence-corrected chi connectivity index (χ2v) is 14.1. The topological polar surface area (TPSA) is 40.9 Å². The molecule has 7 atom stereocenters. The first-order valence-corrected chi connectivity index (χ1v) is 13.5. The molecule has 2 nitrogen and oxygen atoms in total. The summed E-state index contributed by atoms with van der Waals surface area (Å²) in [5.41, 5.74) is 2.12. The Hall–Kier alpha value is -1.10. The molecule has 0 amide bonds. The Morgan fingerprint density at radius 2 is 1.81 bits per heavy atom. The number of hydrogen-bond acceptors (Lipinski definition) is 2. The van der Waals surface area contributed by atoms with Crippen LogP contribution in [0.2, 0.25) is 0 Å². The van der Waals surface area contributed by atoms with Crippen LogP contribution in [-0.4, -0.2) is 6.29 Å². The second kappa shape index (κ2) is 7.71. The number of nitrogens with zero attached hydrogens (tertiary/aromatic N) is 1. The summed E-state index contributed by atoms with van der Waals surface area (Å²) in [5.74, 6) is 2.16. The Morgan fingerprint density at radius 3 is 2.44 bits per heavy atom. The van der Waals surface area contributed by atoms with Gasteiger partial charge in [-0.1, -0.05) is 66.5 Å². The quantitative estimate of drug-likeness (QED) is 0.329. The van der Waals surface area contributed by atoms with E-state index in [0.29, 0.717) is 34.5 Å². The molecule has 0 bridgehead atoms. The SMILES string of the molecule is CCCC1(C)C(C(C)(C)C=O)CCC2(C)C3CCC4(C#N)CCC(C)(C)CC4C3=CCC21. The van der Waals surface area contributed by atoms with Gasteiger partial charge >= 0.3 is 0 Å². The van der Waals surface area contributed by atoms with Crippen LogP contribution in [0.4, 0.5) is 0 Å². The third kappa shape index (κ3) is 3.35. The highest BCUT2D eigenvalue weighted by atomic mass is 16.1. The minimum absolute atomic E-state index is 0.121. The van der Waals surface area contributed by atoms with Crippen molar-refractivity contribution in [1.29, 1.82) is 5.26 Å². The highest BCUT2D eigenvalue weighted by Gasteiger charge is 2.63. The van der Waals surface area contributed by atoms with Gasteiger partial charge in [0.15, 0.2) is 0 Å². The normalized spacial score (nSPS) is 45.5. The number of rotatable bonds is 4. The van der Waals surface area contributed by atoms with Gasteiger partial charge in [0.05, 0.1) is 11.5 Å². The molecule has 0 radical (unpaired) electrons. The minimum atomic E-state index is -0.259. The third-order valence-corrected chi connectivity index (χ3v) is 11.3. The summed E-state index contributed by atoms with van der Waals surface area (Å²) in [6.45, 7) is 16.6. The average Bonchev–Trinajstić information content (AvgIpc) is 2.73. The Balaban J connectivity index is 1.76. The van der Waals surface area contributed by atoms with Gasteiger partial charge < -0.3 is 4.79 Å². The van der Waals surface area contributed by atoms with E-state index in [-0.39, 0.29) is 16.2 Å². The van der Waals surface area contributed by atoms with Gasteiger partial charge in [0, 0.05) is 5.41 Å². The summed E-state index contributed by atoms with van der Waals surface area (Å²) in [4.78, 5) is 12.1. The van der Waals surface area contributed by atoms with Gasteiger partial charge in [-0.05, 0) is 97.7 Å². The summed E-state index contributed by atoms with van der Waals surface area (Å²) >= 11 is 0. The molecule has 0 aromatic heterocycles. The fraction of sp³-hybridized carbons (Fsp3) is 0.867. The van der Waals surface area contributed by atoms with Crippen molar-refractivity contribution in [3.05, 3.63) is 11.6 Å². The molecule has 4 rings (SSSR count). The van der Waals surface area contributed by atoms with Gasteiger partial charge in [-0.2, -0.15) is 5.26 Å². The molecule has 4 aliphatic rings. The minimum Gasteiger partial charge on any atom is -0.303 e. The smallest absolute Gasteiger partial charge is 0.125 e. The Bertz CT molecular complexity index is 830. The van der Waals surface area contributed by atoms with Crippen LogP contribution >= 0.6 is 0 Å². The van der Waals surface area contributed by atoms with E-state index < -0.39 is 0 Å². The van der Waals surface area contributed by atoms with E-state index in [4.69, 9.17) is 0 Å². The molecule has 0 spiro atoms. The Kier molecular flexibility index (Phi) is 5.79. The predicted octanol–water partition coefficient (Wildman–Crippen LogP) is 8.13. The van der Waals surface area contributed by atoms with Crippen LogP contribution in [-0.2, 0) is 4.79 Å². The van der Waals surface area contributed by atoms with Crippen LogP contribution in [0, 0.1) is 62.1 Å². The molecule has 2 heteroatoms. The lowest BCUT2D eigenvalue weighted by Crippen LogP contribution is -2.58. The summed E-state index contributed by atoms with van der Waals surface area (Å²) in [5, 5.41) is 10.3. The third-order valence-electron chi connectivity index (χ3n) is 11.3. The van der Waals surface area contributed by atoms with Gasteiger partial charge in [-0.3, -0.25) is 0 Å². The maximum atomic E-state index is 12.1. The van der Waals surface area contributed by atoms with E-state index in [1.54, 1.807) is 5.57 Å². The monoisotopic (exact) mass is 437 g/mol. The van der Waals surface area contributed by atoms with Gasteiger partial charge in [0.1, 0.15) is 6.29 Å². The molecule has 32 heavy (non-hydrogen) atoms. The molecule has 0 aliphatic heterocycles. The average molecular weight is 438 g/mol. The van der Waals surface area contributed by atoms with E-state index in [1.807, 2.05) is 0 Å². The largest absolute Gasteiger partial charge is 0.303 e. The lowest BCUT2D eigenvalue weighted by Gasteiger charge is -2.65. The molecule has 4 aliphatic carbocycles. The fourth-order valence-electron chi connectivity index (χ4n) is 9.67. The molecule has 3 fully saturated rings. The first kappa shape index (κ1) is 24.0. The lowest BCUT2D eigenvalue weighted by atomic mass is 9.38. The predicted molar refractivity (Wildman–Crippen MR) is 132 cm³/mol. The molecule has 7 unspecified atom stereocenters. The van der Waals surface area contributed by atoms with E-state index in [2.05, 4.69) is 60.6 Å². The molecule has 0 N–H and O–H groups in total. The van der Waals surface area contributed by atoms with Crippen LogP contribution in [0.15, 0.2) is 11.6 Å². The standard InChI is InChI=1S/C30H47NO/c1-8-13-29(7)24(27(4,5)20-32)12-14-28(6)22-11-15-30(19-31)17-16-26(2,3)18-23(30)21(22)9-10-25(28)29/h9,20,22-25H,8,10-18H2,1-7H3. The molecule has 0 saturated heterocycles. The zero-order chi connectivity index (χ0) is 23.6. The molecular weight excluding hydrogens is 390 g/mol. The maximum absolute atomic E-state index is 12.1. The van der Waals surface area contributed by atoms with Crippen LogP contribution < -0.4 is 0 Å². The van der Waals surface area contributed by atoms with E-state index in [0.717, 1.165) is 19.3 Å². The second-order valence-electron chi connectivity index (χ2n) is 14.1. The number of allylic oxidation sites excluding steroid dienone is 2. The van der Waals surface area contributed by atoms with Crippen molar-refractivity contribution in [2.24, 2.45) is 50.7 Å². The molecule has 0 aromatic rings. The summed E-state index contributed by atoms with van der Waals surface area (Å²) < 4.78 is 0. The van der Waals surface area contributed by atoms with Crippen molar-refractivity contribution in [2.45, 2.75) is 113 Å². The maximum Gasteiger partial charge on any atom is 0.125 e. The van der Waals surface area contributed by atoms with E-state index in [9.17, 15) is 10.1 Å². The highest BCUT2D eigenvalue weighted by Crippen LogP contribution is 2.70. The molecule has 3 saturated carbocycles. The van der Waals surface area contributed by atoms with Crippen molar-refractivity contribution >= 4 is 6.29 Å². The number of aldehydes is 1. The first-order valence-electron chi connectivity index (χ1n) is 13.5. The number of fused-ring (bicyclic) bond motifs is 5. The fourth-order valence-corrected chi connectivity index (χ4v) is 9.67. The molecule has 0 heterocycles. The summed E-state index contributed by atoms with van der Waals surface area (Å²) in [6.07, 6.45) is 15.5. The van der Waals surface area contributed by atoms with Gasteiger partial charge in [-0.25, -0.2) is 0 Å². The van der Waals surface area contributed by atoms with Gasteiger partial charge in [-0.15, -0.1) is 0 Å². The van der Waals surface area contributed by atoms with Crippen molar-refractivity contribution in [3.63, 3.8) is 0 Å². The van der Waals surface area contributed by atoms with Crippen LogP contribution in [0.1, 0.15) is 113 Å². The highest BCUT2D eigenvalue weighted by molar-refractivity contribution is 5.59. The first-order chi connectivity index (χ1) is 14.9. The Labute approximate surface area is 197 Å². The number of nitriles is 1. The van der Waals surface area contributed by atoms with E-state index in [1.165, 1.54) is 51.2 Å². The van der Waals surface area contributed by atoms with E-state index >= 15 is 0 Å². The zero-order valence-corrected chi connectivity index (χ0v) is 21.9. The number of carbonyl (C=O) groups excluding carboxylic acids is 1. The number of carbonyl (C=O) groups is 1. The number of hydrogen-bond donors (Lipinski definition) is 0. The van der Waals surface area contributed by atoms with Crippen LogP contribution in [0.25, 0.3) is 0 Å². The molecular formula is C30H47NO. The van der Waals surface area contributed by atoms with Gasteiger partial charge in [0.2, 0.25) is 0 Å². The van der Waals surface area contributed by atoms with Crippen LogP contribution in [0.5, 0.6) is 0 Å². The van der Waals surface area contributed by atoms with Crippen molar-refractivity contribution in [2.75, 3.05) is 0 Å². The summed E-state index contributed by atoms with van der Waals surface area (Å²) in [6, 6.07) is 2.87. The summed E-state index contributed by atoms with van der Waals surface area (Å²) in [7, 11) is 0. The van der Waals surface area contributed by atoms with Crippen molar-refractivity contribution < 1.29 is 4.79 Å². The van der Waals surface area contributed by atoms with Crippen molar-refractivity contribution in [3.8, 4) is 6.07 Å². The molecule has 0 aromatic carbocycles. The molecule has 178 valence electrons. The van der Waals surface area contributed by atoms with Crippen molar-refractivity contribution in [1.82, 2.24) is 0 Å². The Morgan fingerprint density at radius 1 is 1.09 bits per heavy atom. The van der Waals surface area contributed by atoms with Gasteiger partial charge in [0.25, 0.3) is 0 Å². The van der Waals surface area contributed by atoms with Crippen LogP contribution in [0.3, 0.4) is 0 Å². The zero-order valence-electron chi connectivity index (χ0n) is 21.9. The lowest BCUT2D eigenvalue weighted by molar-refractivity contribution is -0.146.